The van der Waals surface area contributed by atoms with Crippen LogP contribution in [0, 0.1) is 5.41 Å². The van der Waals surface area contributed by atoms with E-state index in [1.54, 1.807) is 0 Å². The molecule has 1 heterocycles. The zero-order valence-electron chi connectivity index (χ0n) is 10.3. The van der Waals surface area contributed by atoms with Gasteiger partial charge in [-0.25, -0.2) is 0 Å². The number of hydrogen-bond donors (Lipinski definition) is 1. The summed E-state index contributed by atoms with van der Waals surface area (Å²) >= 11 is 1.40. The van der Waals surface area contributed by atoms with Crippen molar-refractivity contribution in [1.82, 2.24) is 14.9 Å². The summed E-state index contributed by atoms with van der Waals surface area (Å²) in [5.41, 5.74) is 1.51. The van der Waals surface area contributed by atoms with Gasteiger partial charge in [-0.3, -0.25) is 0 Å². The highest BCUT2D eigenvalue weighted by molar-refractivity contribution is 7.03. The van der Waals surface area contributed by atoms with Gasteiger partial charge in [0.15, 0.2) is 0 Å². The van der Waals surface area contributed by atoms with E-state index in [0.717, 1.165) is 18.7 Å². The predicted octanol–water partition coefficient (Wildman–Crippen LogP) is 2.84. The number of hydrogen-bond acceptors (Lipinski definition) is 4. The normalized spacial score (nSPS) is 13.1. The van der Waals surface area contributed by atoms with E-state index in [9.17, 15) is 0 Å². The van der Waals surface area contributed by atoms with Crippen LogP contribution in [-0.2, 0) is 6.54 Å². The molecule has 0 aliphatic rings. The van der Waals surface area contributed by atoms with Gasteiger partial charge in [0.1, 0.15) is 0 Å². The molecule has 0 unspecified atom stereocenters. The summed E-state index contributed by atoms with van der Waals surface area (Å²) in [5.74, 6) is 0. The highest BCUT2D eigenvalue weighted by Crippen LogP contribution is 2.26. The van der Waals surface area contributed by atoms with Crippen molar-refractivity contribution in [2.45, 2.75) is 53.1 Å². The highest BCUT2D eigenvalue weighted by Gasteiger charge is 2.24. The lowest BCUT2D eigenvalue weighted by molar-refractivity contribution is 0.240. The van der Waals surface area contributed by atoms with Crippen LogP contribution in [0.25, 0.3) is 0 Å². The van der Waals surface area contributed by atoms with E-state index in [2.05, 4.69) is 49.5 Å². The quantitative estimate of drug-likeness (QED) is 0.859. The molecule has 15 heavy (non-hydrogen) atoms. The third-order valence-corrected chi connectivity index (χ3v) is 2.68. The molecular weight excluding hydrogens is 206 g/mol. The Kier molecular flexibility index (Phi) is 3.84. The topological polar surface area (TPSA) is 37.8 Å². The molecule has 86 valence electrons. The summed E-state index contributed by atoms with van der Waals surface area (Å²) in [7, 11) is 0. The largest absolute Gasteiger partial charge is 0.306 e. The Bertz CT molecular complexity index is 285. The van der Waals surface area contributed by atoms with Crippen LogP contribution < -0.4 is 5.32 Å². The van der Waals surface area contributed by atoms with Crippen LogP contribution in [0.3, 0.4) is 0 Å². The molecule has 0 spiro atoms. The van der Waals surface area contributed by atoms with Crippen molar-refractivity contribution in [1.29, 1.82) is 0 Å². The van der Waals surface area contributed by atoms with Crippen molar-refractivity contribution in [3.63, 3.8) is 0 Å². The lowest BCUT2D eigenvalue weighted by Gasteiger charge is -2.33. The summed E-state index contributed by atoms with van der Waals surface area (Å²) in [4.78, 5) is 0. The van der Waals surface area contributed by atoms with Gasteiger partial charge in [0.25, 0.3) is 0 Å². The van der Waals surface area contributed by atoms with Crippen molar-refractivity contribution in [2.75, 3.05) is 0 Å². The Morgan fingerprint density at radius 2 is 1.93 bits per heavy atom. The maximum absolute atomic E-state index is 4.02. The van der Waals surface area contributed by atoms with Gasteiger partial charge < -0.3 is 5.32 Å². The van der Waals surface area contributed by atoms with Gasteiger partial charge in [-0.1, -0.05) is 25.3 Å². The first-order chi connectivity index (χ1) is 6.79. The Labute approximate surface area is 96.5 Å². The second-order valence-corrected chi connectivity index (χ2v) is 6.48. The minimum absolute atomic E-state index is 0.141. The number of nitrogens with zero attached hydrogens (tertiary/aromatic N) is 2. The third-order valence-electron chi connectivity index (χ3n) is 2.13. The smallest absolute Gasteiger partial charge is 0.0893 e. The van der Waals surface area contributed by atoms with Gasteiger partial charge in [0.05, 0.1) is 5.69 Å². The number of rotatable bonds is 4. The Hall–Kier alpha value is -0.480. The zero-order chi connectivity index (χ0) is 11.5. The molecule has 0 radical (unpaired) electrons. The molecule has 1 aromatic rings. The molecule has 0 aliphatic carbocycles. The SMILES string of the molecule is CC(C)(C)CC(C)(C)NCc1csnn1. The average Bonchev–Trinajstić information content (AvgIpc) is 2.47. The summed E-state index contributed by atoms with van der Waals surface area (Å²) in [6, 6.07) is 0. The maximum atomic E-state index is 4.02. The molecule has 0 atom stereocenters. The predicted molar refractivity (Wildman–Crippen MR) is 64.9 cm³/mol. The molecular formula is C11H21N3S. The first-order valence-corrected chi connectivity index (χ1v) is 6.13. The second-order valence-electron chi connectivity index (χ2n) is 5.87. The highest BCUT2D eigenvalue weighted by atomic mass is 32.1. The van der Waals surface area contributed by atoms with Gasteiger partial charge in [-0.2, -0.15) is 0 Å². The molecule has 0 aliphatic heterocycles. The van der Waals surface area contributed by atoms with E-state index in [1.807, 2.05) is 5.38 Å². The van der Waals surface area contributed by atoms with Gasteiger partial charge >= 0.3 is 0 Å². The van der Waals surface area contributed by atoms with Crippen LogP contribution in [0.1, 0.15) is 46.7 Å². The molecule has 1 rings (SSSR count). The van der Waals surface area contributed by atoms with E-state index in [-0.39, 0.29) is 5.54 Å². The van der Waals surface area contributed by atoms with Crippen LogP contribution in [0.5, 0.6) is 0 Å². The monoisotopic (exact) mass is 227 g/mol. The van der Waals surface area contributed by atoms with Crippen molar-refractivity contribution < 1.29 is 0 Å². The summed E-state index contributed by atoms with van der Waals surface area (Å²) < 4.78 is 3.85. The molecule has 0 saturated heterocycles. The van der Waals surface area contributed by atoms with Crippen LogP contribution in [0.15, 0.2) is 5.38 Å². The van der Waals surface area contributed by atoms with Crippen LogP contribution in [-0.4, -0.2) is 15.1 Å². The van der Waals surface area contributed by atoms with Gasteiger partial charge in [-0.15, -0.1) is 5.10 Å². The molecule has 4 heteroatoms. The lowest BCUT2D eigenvalue weighted by Crippen LogP contribution is -2.41. The Morgan fingerprint density at radius 3 is 2.40 bits per heavy atom. The first-order valence-electron chi connectivity index (χ1n) is 5.29. The molecule has 0 aromatic carbocycles. The fourth-order valence-corrected chi connectivity index (χ4v) is 2.43. The van der Waals surface area contributed by atoms with E-state index in [4.69, 9.17) is 0 Å². The second kappa shape index (κ2) is 4.58. The summed E-state index contributed by atoms with van der Waals surface area (Å²) in [6.07, 6.45) is 1.14. The fourth-order valence-electron chi connectivity index (χ4n) is 1.98. The average molecular weight is 227 g/mol. The molecule has 1 N–H and O–H groups in total. The van der Waals surface area contributed by atoms with E-state index in [0.29, 0.717) is 5.41 Å². The Balaban J connectivity index is 2.43. The minimum atomic E-state index is 0.141. The van der Waals surface area contributed by atoms with Crippen LogP contribution in [0.2, 0.25) is 0 Å². The molecule has 0 saturated carbocycles. The van der Waals surface area contributed by atoms with Gasteiger partial charge in [-0.05, 0) is 37.2 Å². The molecule has 0 amide bonds. The standard InChI is InChI=1S/C11H21N3S/c1-10(2,3)8-11(4,5)12-6-9-7-15-14-13-9/h7,12H,6,8H2,1-5H3. The third kappa shape index (κ3) is 5.23. The van der Waals surface area contributed by atoms with Crippen molar-refractivity contribution >= 4 is 11.5 Å². The van der Waals surface area contributed by atoms with Gasteiger partial charge in [0.2, 0.25) is 0 Å². The Morgan fingerprint density at radius 1 is 1.27 bits per heavy atom. The van der Waals surface area contributed by atoms with E-state index < -0.39 is 0 Å². The molecule has 0 bridgehead atoms. The first kappa shape index (κ1) is 12.6. The summed E-state index contributed by atoms with van der Waals surface area (Å²) in [5, 5.41) is 9.53. The van der Waals surface area contributed by atoms with Crippen molar-refractivity contribution in [3.8, 4) is 0 Å². The minimum Gasteiger partial charge on any atom is -0.306 e. The molecule has 3 nitrogen and oxygen atoms in total. The van der Waals surface area contributed by atoms with Crippen molar-refractivity contribution in [3.05, 3.63) is 11.1 Å². The molecule has 1 aromatic heterocycles. The van der Waals surface area contributed by atoms with Crippen LogP contribution in [0.4, 0.5) is 0 Å². The van der Waals surface area contributed by atoms with Crippen molar-refractivity contribution in [2.24, 2.45) is 5.41 Å². The maximum Gasteiger partial charge on any atom is 0.0893 e. The fraction of sp³-hybridized carbons (Fsp3) is 0.818. The number of aromatic nitrogens is 2. The lowest BCUT2D eigenvalue weighted by atomic mass is 9.82. The van der Waals surface area contributed by atoms with E-state index in [1.165, 1.54) is 11.5 Å². The van der Waals surface area contributed by atoms with E-state index >= 15 is 0 Å². The van der Waals surface area contributed by atoms with Crippen LogP contribution >= 0.6 is 11.5 Å². The molecule has 0 fully saturated rings. The zero-order valence-corrected chi connectivity index (χ0v) is 11.1. The number of nitrogens with one attached hydrogen (secondary N) is 1. The summed E-state index contributed by atoms with van der Waals surface area (Å²) in [6.45, 7) is 12.1. The van der Waals surface area contributed by atoms with Gasteiger partial charge in [0, 0.05) is 17.5 Å².